The van der Waals surface area contributed by atoms with Crippen LogP contribution in [0.4, 0.5) is 4.79 Å². The van der Waals surface area contributed by atoms with Crippen molar-refractivity contribution in [3.05, 3.63) is 12.2 Å². The molecule has 484 valence electrons. The number of nitrogens with one attached hydrogen (secondary N) is 6. The summed E-state index contributed by atoms with van der Waals surface area (Å²) in [5.41, 5.74) is 0. The Balaban J connectivity index is 0.0000706. The van der Waals surface area contributed by atoms with E-state index in [0.717, 1.165) is 17.1 Å². The molecule has 0 radical (unpaired) electrons. The van der Waals surface area contributed by atoms with E-state index in [1.165, 1.54) is 0 Å². The van der Waals surface area contributed by atoms with Gasteiger partial charge < -0.3 is 102 Å². The van der Waals surface area contributed by atoms with Crippen molar-refractivity contribution in [2.45, 2.75) is 139 Å². The van der Waals surface area contributed by atoms with Gasteiger partial charge in [0.15, 0.2) is 17.3 Å². The third-order valence-electron chi connectivity index (χ3n) is 12.2. The number of hydrogen-bond acceptors (Lipinski definition) is 26. The van der Waals surface area contributed by atoms with Crippen molar-refractivity contribution in [3.63, 3.8) is 0 Å². The van der Waals surface area contributed by atoms with E-state index in [-0.39, 0.29) is 84.3 Å². The Morgan fingerprint density at radius 1 is 0.506 bits per heavy atom. The van der Waals surface area contributed by atoms with Crippen molar-refractivity contribution in [3.8, 4) is 0 Å². The van der Waals surface area contributed by atoms with Gasteiger partial charge in [0, 0.05) is 96.1 Å². The molecule has 10 atom stereocenters. The highest BCUT2D eigenvalue weighted by atomic mass is 16.5. The Hall–Kier alpha value is -6.83. The van der Waals surface area contributed by atoms with Crippen LogP contribution in [-0.2, 0) is 71.7 Å². The maximum Gasteiger partial charge on any atom is 0.407 e. The van der Waals surface area contributed by atoms with Crippen molar-refractivity contribution in [1.82, 2.24) is 36.8 Å². The molecular weight excluding hydrogens is 1140 g/mol. The van der Waals surface area contributed by atoms with Crippen LogP contribution in [0.25, 0.3) is 0 Å². The normalized spacial score (nSPS) is 15.5. The molecule has 1 heterocycles. The lowest BCUT2D eigenvalue weighted by atomic mass is 9.95. The number of Topliss-reactive ketones (excluding diaryl/α,β-unsaturated/α-hetero) is 4. The number of imide groups is 1. The van der Waals surface area contributed by atoms with E-state index < -0.39 is 223 Å². The largest absolute Gasteiger partial charge is 0.481 e. The molecule has 34 heteroatoms. The van der Waals surface area contributed by atoms with E-state index >= 15 is 0 Å². The summed E-state index contributed by atoms with van der Waals surface area (Å²) in [6, 6.07) is -1.70. The van der Waals surface area contributed by atoms with Gasteiger partial charge in [-0.2, -0.15) is 0 Å². The van der Waals surface area contributed by atoms with Crippen LogP contribution in [0.15, 0.2) is 12.2 Å². The van der Waals surface area contributed by atoms with Gasteiger partial charge in [0.25, 0.3) is 11.8 Å². The van der Waals surface area contributed by atoms with Gasteiger partial charge >= 0.3 is 12.1 Å². The molecule has 0 saturated heterocycles. The second-order valence-corrected chi connectivity index (χ2v) is 19.0. The quantitative estimate of drug-likeness (QED) is 0.0199. The first-order chi connectivity index (χ1) is 39.7. The molecule has 0 aromatic rings. The fourth-order valence-electron chi connectivity index (χ4n) is 7.16. The predicted molar refractivity (Wildman–Crippen MR) is 286 cm³/mol. The molecule has 17 N–H and O–H groups in total. The molecule has 1 rings (SSSR count). The van der Waals surface area contributed by atoms with Gasteiger partial charge in [-0.25, -0.2) is 4.79 Å². The molecule has 0 bridgehead atoms. The molecule has 0 aromatic carbocycles. The molecule has 1 aliphatic rings. The summed E-state index contributed by atoms with van der Waals surface area (Å²) >= 11 is 0. The van der Waals surface area contributed by atoms with Crippen LogP contribution < -0.4 is 31.9 Å². The topological polar surface area (TPSA) is 548 Å². The van der Waals surface area contributed by atoms with Crippen molar-refractivity contribution >= 4 is 76.5 Å². The molecular formula is C51H83N7O27. The van der Waals surface area contributed by atoms with E-state index in [2.05, 4.69) is 31.9 Å². The zero-order valence-corrected chi connectivity index (χ0v) is 46.0. The number of hydrogen-bond donors (Lipinski definition) is 17. The number of carbonyl (C=O) groups is 13. The highest BCUT2D eigenvalue weighted by Crippen LogP contribution is 2.15. The number of carboxylic acids is 1. The molecule has 85 heavy (non-hydrogen) atoms. The van der Waals surface area contributed by atoms with Gasteiger partial charge in [0.2, 0.25) is 29.5 Å². The highest BCUT2D eigenvalue weighted by molar-refractivity contribution is 6.13. The number of rotatable bonds is 48. The molecule has 1 unspecified atom stereocenters. The van der Waals surface area contributed by atoms with Gasteiger partial charge in [0.1, 0.15) is 49.0 Å². The van der Waals surface area contributed by atoms with Crippen LogP contribution in [0.2, 0.25) is 0 Å². The lowest BCUT2D eigenvalue weighted by Crippen LogP contribution is -2.50. The first-order valence-electron chi connectivity index (χ1n) is 26.6. The lowest BCUT2D eigenvalue weighted by molar-refractivity contribution is -0.138. The Morgan fingerprint density at radius 3 is 1.60 bits per heavy atom. The number of aliphatic carboxylic acids is 1. The fraction of sp³-hybridized carbons (Fsp3) is 0.706. The van der Waals surface area contributed by atoms with Gasteiger partial charge in [-0.1, -0.05) is 7.43 Å². The molecule has 0 spiro atoms. The summed E-state index contributed by atoms with van der Waals surface area (Å²) in [6.07, 6.45) is -20.2. The first-order valence-corrected chi connectivity index (χ1v) is 26.6. The number of carbonyl (C=O) groups excluding carboxylic acids is 12. The molecule has 0 saturated carbocycles. The van der Waals surface area contributed by atoms with Gasteiger partial charge in [0.05, 0.1) is 83.3 Å². The molecule has 0 aliphatic carbocycles. The van der Waals surface area contributed by atoms with Crippen molar-refractivity contribution in [2.75, 3.05) is 85.5 Å². The standard InChI is InChI=1S/C50H79N7O27.CH4/c58-25-36(66)47(78)45(76)34(64)5-4-33(63)32(3-8-40(70)55-24-35(65)46(77)48(79)37(67)26-59)56-49(80)28(27-84-50(81)52-14-11-44(74)75)21-31(62)23-54-39(69)7-2-30(61)22-53-38(68)6-1-29(60)13-17-82-19-20-83-18-15-51-41(71)12-16-57-42(72)9-10-43(57)73;/h9-10,28,32,34-37,45-48,58-59,64-67,76-79H,1-8,11-27H2,(H,51,71)(H,52,81)(H,53,68)(H,54,69)(H,55,70)(H,56,80)(H,74,75);1H4/t28-,32?,34-,35-,36+,37+,45+,46+,47+,48+;/m0./s1. The zero-order chi connectivity index (χ0) is 63.3. The number of amides is 8. The summed E-state index contributed by atoms with van der Waals surface area (Å²) in [7, 11) is 0. The van der Waals surface area contributed by atoms with Crippen LogP contribution in [-0.4, -0.2) is 278 Å². The van der Waals surface area contributed by atoms with Crippen molar-refractivity contribution in [2.24, 2.45) is 5.92 Å². The first kappa shape index (κ1) is 78.2. The summed E-state index contributed by atoms with van der Waals surface area (Å²) in [5, 5.41) is 121. The molecule has 8 amide bonds. The van der Waals surface area contributed by atoms with E-state index in [9.17, 15) is 103 Å². The van der Waals surface area contributed by atoms with Crippen molar-refractivity contribution in [1.29, 1.82) is 0 Å². The SMILES string of the molecule is C.O=C(O)CCNC(=O)OC[C@H](CC(=O)CNC(=O)CCC(=O)CNC(=O)CCC(=O)CCOCCOCCNC(=O)CCN1C(=O)C=CC1=O)C(=O)NC(CCC(=O)NC[C@H](O)[C@@H](O)[C@H](O)[C@H](O)CO)C(=O)CC[C@H](O)[C@@H](O)[C@H](O)[C@H](O)CO. The minimum absolute atomic E-state index is 0. The number of carboxylic acid groups (broad SMARTS) is 1. The maximum atomic E-state index is 13.8. The highest BCUT2D eigenvalue weighted by Gasteiger charge is 2.34. The smallest absolute Gasteiger partial charge is 0.407 e. The summed E-state index contributed by atoms with van der Waals surface area (Å²) in [5.74, 6) is -10.7. The van der Waals surface area contributed by atoms with Crippen LogP contribution in [0.1, 0.15) is 84.5 Å². The number of alkyl carbamates (subject to hydrolysis) is 1. The predicted octanol–water partition coefficient (Wildman–Crippen LogP) is -8.21. The third kappa shape index (κ3) is 34.0. The zero-order valence-electron chi connectivity index (χ0n) is 46.0. The van der Waals surface area contributed by atoms with Crippen LogP contribution in [0.5, 0.6) is 0 Å². The Kier molecular flexibility index (Phi) is 40.2. The van der Waals surface area contributed by atoms with E-state index in [1.54, 1.807) is 0 Å². The average Bonchev–Trinajstić information content (AvgIpc) is 4.10. The third-order valence-corrected chi connectivity index (χ3v) is 12.2. The Labute approximate surface area is 488 Å². The van der Waals surface area contributed by atoms with E-state index in [0.29, 0.717) is 0 Å². The molecule has 1 aliphatic heterocycles. The monoisotopic (exact) mass is 1230 g/mol. The minimum atomic E-state index is -2.10. The Morgan fingerprint density at radius 2 is 1.02 bits per heavy atom. The minimum Gasteiger partial charge on any atom is -0.481 e. The molecule has 0 aromatic heterocycles. The molecule has 34 nitrogen and oxygen atoms in total. The van der Waals surface area contributed by atoms with Gasteiger partial charge in [-0.05, 0) is 12.8 Å². The molecule has 0 fully saturated rings. The van der Waals surface area contributed by atoms with Crippen LogP contribution in [0.3, 0.4) is 0 Å². The van der Waals surface area contributed by atoms with Gasteiger partial charge in [-0.15, -0.1) is 0 Å². The van der Waals surface area contributed by atoms with Crippen LogP contribution >= 0.6 is 0 Å². The number of aliphatic hydroxyl groups excluding tert-OH is 10. The number of ketones is 4. The summed E-state index contributed by atoms with van der Waals surface area (Å²) in [4.78, 5) is 162. The number of nitrogens with zero attached hydrogens (tertiary/aromatic N) is 1. The van der Waals surface area contributed by atoms with Crippen LogP contribution in [0, 0.1) is 5.92 Å². The van der Waals surface area contributed by atoms with E-state index in [4.69, 9.17) is 29.5 Å². The lowest BCUT2D eigenvalue weighted by Gasteiger charge is -2.26. The fourth-order valence-corrected chi connectivity index (χ4v) is 7.16. The summed E-state index contributed by atoms with van der Waals surface area (Å²) < 4.78 is 15.7. The number of ether oxygens (including phenoxy) is 3. The number of aliphatic hydroxyl groups is 10. The van der Waals surface area contributed by atoms with Crippen molar-refractivity contribution < 1.29 is 133 Å². The second-order valence-electron chi connectivity index (χ2n) is 19.0. The Bertz CT molecular complexity index is 2200. The summed E-state index contributed by atoms with van der Waals surface area (Å²) in [6.45, 7) is -4.80. The van der Waals surface area contributed by atoms with E-state index in [1.807, 2.05) is 0 Å². The average molecular weight is 1230 g/mol. The van der Waals surface area contributed by atoms with Gasteiger partial charge in [-0.3, -0.25) is 62.4 Å². The second kappa shape index (κ2) is 43.7. The maximum absolute atomic E-state index is 13.8.